The monoisotopic (exact) mass is 563 g/mol. The number of hydrogen-bond donors (Lipinski definition) is 0. The molecule has 7 rings (SSSR count). The van der Waals surface area contributed by atoms with Crippen LogP contribution in [0.15, 0.2) is 152 Å². The van der Waals surface area contributed by atoms with Crippen LogP contribution in [0.2, 0.25) is 0 Å². The number of benzene rings is 5. The van der Waals surface area contributed by atoms with E-state index in [4.69, 9.17) is 0 Å². The van der Waals surface area contributed by atoms with Crippen LogP contribution in [0.25, 0.3) is 0 Å². The Bertz CT molecular complexity index is 1440. The molecule has 43 heavy (non-hydrogen) atoms. The summed E-state index contributed by atoms with van der Waals surface area (Å²) >= 11 is 0. The molecule has 3 atom stereocenters. The molecule has 2 aliphatic rings. The second-order valence-electron chi connectivity index (χ2n) is 12.2. The second kappa shape index (κ2) is 11.9. The van der Waals surface area contributed by atoms with Gasteiger partial charge in [-0.15, -0.1) is 0 Å². The van der Waals surface area contributed by atoms with Crippen LogP contribution in [-0.4, -0.2) is 47.5 Å². The van der Waals surface area contributed by atoms with Gasteiger partial charge in [-0.25, -0.2) is 0 Å². The lowest BCUT2D eigenvalue weighted by Crippen LogP contribution is -2.58. The van der Waals surface area contributed by atoms with Crippen molar-refractivity contribution in [2.24, 2.45) is 0 Å². The topological polar surface area (TPSA) is 9.72 Å². The standard InChI is InChI=1S/C40H41N3/c1-41-37(31-19-8-3-9-20-31)38(32-21-10-4-11-22-32)42(2)39(41)36-29-18-30-43(36)40(33-23-12-5-13-24-33,34-25-14-6-15-26-34)35-27-16-7-17-28-35/h3-17,19-28,36-39H,18,29-30H2,1-2H3/t36-,37-,38-/m0/s1. The van der Waals surface area contributed by atoms with Gasteiger partial charge in [-0.05, 0) is 54.8 Å². The summed E-state index contributed by atoms with van der Waals surface area (Å²) in [5.74, 6) is 0. The van der Waals surface area contributed by atoms with Gasteiger partial charge in [-0.1, -0.05) is 152 Å². The first kappa shape index (κ1) is 27.8. The zero-order valence-electron chi connectivity index (χ0n) is 25.2. The highest BCUT2D eigenvalue weighted by atomic mass is 15.5. The van der Waals surface area contributed by atoms with Crippen LogP contribution < -0.4 is 0 Å². The molecule has 0 amide bonds. The number of likely N-dealkylation sites (tertiary alicyclic amines) is 1. The summed E-state index contributed by atoms with van der Waals surface area (Å²) in [5, 5.41) is 0. The zero-order valence-corrected chi connectivity index (χ0v) is 25.2. The lowest BCUT2D eigenvalue weighted by Gasteiger charge is -2.49. The molecule has 2 aliphatic heterocycles. The van der Waals surface area contributed by atoms with Crippen LogP contribution in [-0.2, 0) is 5.54 Å². The van der Waals surface area contributed by atoms with Crippen molar-refractivity contribution < 1.29 is 0 Å². The predicted octanol–water partition coefficient (Wildman–Crippen LogP) is 8.13. The average Bonchev–Trinajstić information content (AvgIpc) is 3.65. The van der Waals surface area contributed by atoms with Gasteiger partial charge in [0.25, 0.3) is 0 Å². The van der Waals surface area contributed by atoms with Crippen LogP contribution in [0.3, 0.4) is 0 Å². The molecule has 3 nitrogen and oxygen atoms in total. The predicted molar refractivity (Wildman–Crippen MR) is 177 cm³/mol. The van der Waals surface area contributed by atoms with E-state index in [1.165, 1.54) is 34.2 Å². The van der Waals surface area contributed by atoms with Crippen molar-refractivity contribution in [2.45, 2.75) is 42.7 Å². The Kier molecular flexibility index (Phi) is 7.71. The Balaban J connectivity index is 1.41. The molecule has 0 saturated carbocycles. The molecule has 0 bridgehead atoms. The summed E-state index contributed by atoms with van der Waals surface area (Å²) in [5.41, 5.74) is 6.29. The number of hydrogen-bond acceptors (Lipinski definition) is 3. The molecule has 2 fully saturated rings. The van der Waals surface area contributed by atoms with E-state index in [0.717, 1.165) is 13.0 Å². The molecule has 5 aromatic carbocycles. The van der Waals surface area contributed by atoms with Gasteiger partial charge in [0.2, 0.25) is 0 Å². The molecule has 3 heteroatoms. The highest BCUT2D eigenvalue weighted by Gasteiger charge is 2.54. The Labute approximate surface area is 257 Å². The fraction of sp³-hybridized carbons (Fsp3) is 0.250. The van der Waals surface area contributed by atoms with Gasteiger partial charge in [-0.3, -0.25) is 14.7 Å². The molecule has 0 radical (unpaired) electrons. The van der Waals surface area contributed by atoms with Crippen LogP contribution in [0.5, 0.6) is 0 Å². The number of rotatable bonds is 7. The number of nitrogens with zero attached hydrogens (tertiary/aromatic N) is 3. The summed E-state index contributed by atoms with van der Waals surface area (Å²) in [6, 6.07) is 56.6. The molecule has 2 saturated heterocycles. The Morgan fingerprint density at radius 3 is 1.21 bits per heavy atom. The summed E-state index contributed by atoms with van der Waals surface area (Å²) in [7, 11) is 4.71. The van der Waals surface area contributed by atoms with Gasteiger partial charge in [-0.2, -0.15) is 0 Å². The minimum atomic E-state index is -0.417. The smallest absolute Gasteiger partial charge is 0.0976 e. The maximum atomic E-state index is 2.85. The Hall–Kier alpha value is -4.02. The minimum absolute atomic E-state index is 0.230. The molecular weight excluding hydrogens is 522 g/mol. The van der Waals surface area contributed by atoms with Crippen molar-refractivity contribution in [1.82, 2.24) is 14.7 Å². The molecule has 216 valence electrons. The SMILES string of the molecule is CN1C([C@@H]2CCCN2C(c2ccccc2)(c2ccccc2)c2ccccc2)N(C)[C@@H](c2ccccc2)[C@@H]1c1ccccc1. The lowest BCUT2D eigenvalue weighted by molar-refractivity contribution is 0.0279. The van der Waals surface area contributed by atoms with Crippen molar-refractivity contribution in [1.29, 1.82) is 0 Å². The largest absolute Gasteiger partial charge is 0.281 e. The Morgan fingerprint density at radius 1 is 0.488 bits per heavy atom. The van der Waals surface area contributed by atoms with Gasteiger partial charge >= 0.3 is 0 Å². The Morgan fingerprint density at radius 2 is 0.837 bits per heavy atom. The van der Waals surface area contributed by atoms with E-state index in [2.05, 4.69) is 180 Å². The van der Waals surface area contributed by atoms with Gasteiger partial charge < -0.3 is 0 Å². The van der Waals surface area contributed by atoms with Crippen LogP contribution >= 0.6 is 0 Å². The first-order valence-corrected chi connectivity index (χ1v) is 15.7. The maximum Gasteiger partial charge on any atom is 0.0976 e. The third-order valence-electron chi connectivity index (χ3n) is 9.94. The molecular formula is C40H41N3. The highest BCUT2D eigenvalue weighted by Crippen LogP contribution is 2.52. The highest BCUT2D eigenvalue weighted by molar-refractivity contribution is 5.50. The number of likely N-dealkylation sites (N-methyl/N-ethyl adjacent to an activating group) is 2. The van der Waals surface area contributed by atoms with Crippen LogP contribution in [0.4, 0.5) is 0 Å². The summed E-state index contributed by atoms with van der Waals surface area (Å²) in [4.78, 5) is 8.18. The van der Waals surface area contributed by atoms with Crippen molar-refractivity contribution in [3.05, 3.63) is 179 Å². The van der Waals surface area contributed by atoms with Crippen molar-refractivity contribution in [2.75, 3.05) is 20.6 Å². The van der Waals surface area contributed by atoms with Crippen molar-refractivity contribution in [3.63, 3.8) is 0 Å². The zero-order chi connectivity index (χ0) is 29.2. The third kappa shape index (κ3) is 4.73. The van der Waals surface area contributed by atoms with Crippen molar-refractivity contribution in [3.8, 4) is 0 Å². The molecule has 0 aliphatic carbocycles. The molecule has 0 N–H and O–H groups in total. The van der Waals surface area contributed by atoms with Gasteiger partial charge in [0.05, 0.1) is 23.8 Å². The lowest BCUT2D eigenvalue weighted by atomic mass is 9.75. The quantitative estimate of drug-likeness (QED) is 0.185. The maximum absolute atomic E-state index is 2.85. The average molecular weight is 564 g/mol. The molecule has 5 aromatic rings. The van der Waals surface area contributed by atoms with E-state index in [1.54, 1.807) is 0 Å². The first-order chi connectivity index (χ1) is 21.2. The second-order valence-corrected chi connectivity index (χ2v) is 12.2. The van der Waals surface area contributed by atoms with Crippen LogP contribution in [0.1, 0.15) is 52.7 Å². The summed E-state index contributed by atoms with van der Waals surface area (Å²) < 4.78 is 0. The van der Waals surface area contributed by atoms with E-state index in [1.807, 2.05) is 0 Å². The summed E-state index contributed by atoms with van der Waals surface area (Å²) in [6.07, 6.45) is 2.55. The van der Waals surface area contributed by atoms with E-state index in [9.17, 15) is 0 Å². The van der Waals surface area contributed by atoms with E-state index in [-0.39, 0.29) is 18.2 Å². The third-order valence-corrected chi connectivity index (χ3v) is 9.94. The van der Waals surface area contributed by atoms with Crippen LogP contribution in [0, 0.1) is 0 Å². The molecule has 0 aromatic heterocycles. The van der Waals surface area contributed by atoms with E-state index < -0.39 is 5.54 Å². The van der Waals surface area contributed by atoms with Gasteiger partial charge in [0.1, 0.15) is 0 Å². The fourth-order valence-electron chi connectivity index (χ4n) is 8.29. The van der Waals surface area contributed by atoms with Gasteiger partial charge in [0.15, 0.2) is 0 Å². The minimum Gasteiger partial charge on any atom is -0.281 e. The molecule has 2 heterocycles. The van der Waals surface area contributed by atoms with E-state index >= 15 is 0 Å². The fourth-order valence-corrected chi connectivity index (χ4v) is 8.29. The molecule has 0 spiro atoms. The van der Waals surface area contributed by atoms with Gasteiger partial charge in [0, 0.05) is 12.6 Å². The first-order valence-electron chi connectivity index (χ1n) is 15.7. The summed E-state index contributed by atoms with van der Waals surface area (Å²) in [6.45, 7) is 1.04. The van der Waals surface area contributed by atoms with Crippen molar-refractivity contribution >= 4 is 0 Å². The van der Waals surface area contributed by atoms with E-state index in [0.29, 0.717) is 6.04 Å². The normalized spacial score (nSPS) is 22.2. The molecule has 0 unspecified atom stereocenters.